The SMILES string of the molecule is OC1(F)C(F)(F)C(F)(F)C1(F)C#Cc1ccccc1. The first-order chi connectivity index (χ1) is 8.58. The highest BCUT2D eigenvalue weighted by atomic mass is 19.3. The number of benzene rings is 1. The van der Waals surface area contributed by atoms with Crippen LogP contribution in [0.1, 0.15) is 5.56 Å². The molecule has 0 aliphatic heterocycles. The van der Waals surface area contributed by atoms with Gasteiger partial charge < -0.3 is 5.11 Å². The molecule has 0 bridgehead atoms. The fraction of sp³-hybridized carbons (Fsp3) is 0.333. The van der Waals surface area contributed by atoms with Crippen molar-refractivity contribution in [2.45, 2.75) is 23.4 Å². The van der Waals surface area contributed by atoms with Crippen LogP contribution in [-0.4, -0.2) is 28.5 Å². The molecule has 0 amide bonds. The average Bonchev–Trinajstić information content (AvgIpc) is 2.35. The second kappa shape index (κ2) is 3.67. The van der Waals surface area contributed by atoms with Gasteiger partial charge in [-0.2, -0.15) is 17.6 Å². The lowest BCUT2D eigenvalue weighted by molar-refractivity contribution is -0.477. The van der Waals surface area contributed by atoms with Gasteiger partial charge in [0.25, 0.3) is 0 Å². The van der Waals surface area contributed by atoms with E-state index in [-0.39, 0.29) is 5.56 Å². The summed E-state index contributed by atoms with van der Waals surface area (Å²) in [5, 5.41) is 8.60. The first-order valence-electron chi connectivity index (χ1n) is 5.02. The van der Waals surface area contributed by atoms with Gasteiger partial charge in [0.15, 0.2) is 0 Å². The van der Waals surface area contributed by atoms with Crippen molar-refractivity contribution >= 4 is 0 Å². The number of halogens is 6. The molecule has 2 atom stereocenters. The monoisotopic (exact) mass is 280 g/mol. The zero-order chi connectivity index (χ0) is 14.5. The van der Waals surface area contributed by atoms with Gasteiger partial charge in [-0.05, 0) is 18.1 Å². The number of hydrogen-bond acceptors (Lipinski definition) is 1. The van der Waals surface area contributed by atoms with Gasteiger partial charge >= 0.3 is 23.4 Å². The Morgan fingerprint density at radius 3 is 1.84 bits per heavy atom. The van der Waals surface area contributed by atoms with E-state index >= 15 is 0 Å². The molecule has 1 fully saturated rings. The van der Waals surface area contributed by atoms with E-state index in [1.807, 2.05) is 0 Å². The van der Waals surface area contributed by atoms with E-state index in [1.165, 1.54) is 24.3 Å². The minimum atomic E-state index is -5.53. The van der Waals surface area contributed by atoms with Crippen LogP contribution in [0, 0.1) is 11.8 Å². The molecule has 1 aromatic carbocycles. The first-order valence-corrected chi connectivity index (χ1v) is 5.02. The molecule has 1 aliphatic carbocycles. The maximum absolute atomic E-state index is 13.6. The van der Waals surface area contributed by atoms with Gasteiger partial charge in [-0.25, -0.2) is 8.78 Å². The average molecular weight is 280 g/mol. The number of aliphatic hydroxyl groups is 1. The van der Waals surface area contributed by atoms with Gasteiger partial charge in [-0.15, -0.1) is 0 Å². The van der Waals surface area contributed by atoms with Crippen molar-refractivity contribution in [2.24, 2.45) is 0 Å². The molecule has 0 heterocycles. The van der Waals surface area contributed by atoms with Crippen molar-refractivity contribution in [2.75, 3.05) is 0 Å². The molecule has 102 valence electrons. The molecule has 1 nitrogen and oxygen atoms in total. The van der Waals surface area contributed by atoms with Crippen molar-refractivity contribution in [1.29, 1.82) is 0 Å². The maximum Gasteiger partial charge on any atom is 0.376 e. The summed E-state index contributed by atoms with van der Waals surface area (Å²) in [5.74, 6) is -13.1. The summed E-state index contributed by atoms with van der Waals surface area (Å²) in [6.45, 7) is 0. The van der Waals surface area contributed by atoms with Crippen LogP contribution in [0.25, 0.3) is 0 Å². The molecule has 1 aromatic rings. The van der Waals surface area contributed by atoms with E-state index in [0.717, 1.165) is 5.92 Å². The van der Waals surface area contributed by atoms with E-state index in [2.05, 4.69) is 0 Å². The summed E-state index contributed by atoms with van der Waals surface area (Å²) < 4.78 is 77.8. The van der Waals surface area contributed by atoms with E-state index in [1.54, 1.807) is 12.0 Å². The van der Waals surface area contributed by atoms with Crippen molar-refractivity contribution in [3.63, 3.8) is 0 Å². The zero-order valence-electron chi connectivity index (χ0n) is 9.10. The van der Waals surface area contributed by atoms with Crippen molar-refractivity contribution in [3.8, 4) is 11.8 Å². The third-order valence-electron chi connectivity index (χ3n) is 2.85. The maximum atomic E-state index is 13.6. The predicted molar refractivity (Wildman–Crippen MR) is 53.1 cm³/mol. The van der Waals surface area contributed by atoms with Crippen molar-refractivity contribution in [3.05, 3.63) is 35.9 Å². The van der Waals surface area contributed by atoms with Crippen LogP contribution in [0.4, 0.5) is 26.3 Å². The molecule has 2 unspecified atom stereocenters. The minimum absolute atomic E-state index is 0.0151. The van der Waals surface area contributed by atoms with Crippen LogP contribution >= 0.6 is 0 Å². The summed E-state index contributed by atoms with van der Waals surface area (Å²) in [7, 11) is 0. The van der Waals surface area contributed by atoms with E-state index < -0.39 is 23.4 Å². The zero-order valence-corrected chi connectivity index (χ0v) is 9.10. The molecule has 1 aliphatic rings. The van der Waals surface area contributed by atoms with Gasteiger partial charge in [0.2, 0.25) is 0 Å². The molecule has 0 spiro atoms. The quantitative estimate of drug-likeness (QED) is 0.572. The van der Waals surface area contributed by atoms with Gasteiger partial charge in [0.1, 0.15) is 0 Å². The van der Waals surface area contributed by atoms with E-state index in [9.17, 15) is 26.3 Å². The fourth-order valence-corrected chi connectivity index (χ4v) is 1.63. The van der Waals surface area contributed by atoms with Crippen LogP contribution < -0.4 is 0 Å². The third-order valence-corrected chi connectivity index (χ3v) is 2.85. The lowest BCUT2D eigenvalue weighted by Gasteiger charge is -2.52. The largest absolute Gasteiger partial charge is 0.376 e. The highest BCUT2D eigenvalue weighted by Crippen LogP contribution is 2.66. The van der Waals surface area contributed by atoms with Crippen LogP contribution in [0.15, 0.2) is 30.3 Å². The Bertz CT molecular complexity index is 537. The van der Waals surface area contributed by atoms with E-state index in [4.69, 9.17) is 5.11 Å². The Morgan fingerprint density at radius 1 is 0.842 bits per heavy atom. The minimum Gasteiger partial charge on any atom is -0.354 e. The van der Waals surface area contributed by atoms with E-state index in [0.29, 0.717) is 0 Å². The Kier molecular flexibility index (Phi) is 2.65. The van der Waals surface area contributed by atoms with Gasteiger partial charge in [0, 0.05) is 5.56 Å². The molecule has 0 aromatic heterocycles. The molecule has 19 heavy (non-hydrogen) atoms. The lowest BCUT2D eigenvalue weighted by Crippen LogP contribution is -2.85. The van der Waals surface area contributed by atoms with Crippen molar-refractivity contribution in [1.82, 2.24) is 0 Å². The summed E-state index contributed by atoms with van der Waals surface area (Å²) in [6.07, 6.45) is 0. The van der Waals surface area contributed by atoms with Gasteiger partial charge in [0.05, 0.1) is 0 Å². The smallest absolute Gasteiger partial charge is 0.354 e. The third kappa shape index (κ3) is 1.43. The second-order valence-corrected chi connectivity index (χ2v) is 4.05. The molecule has 7 heteroatoms. The Morgan fingerprint density at radius 2 is 1.37 bits per heavy atom. The molecule has 0 saturated heterocycles. The van der Waals surface area contributed by atoms with Crippen molar-refractivity contribution < 1.29 is 31.4 Å². The standard InChI is InChI=1S/C12H6F6O/c13-9(7-6-8-4-2-1-3-5-8)10(14,15)11(16,17)12(9,18)19/h1-5,19H. The molecule has 2 rings (SSSR count). The fourth-order valence-electron chi connectivity index (χ4n) is 1.63. The normalized spacial score (nSPS) is 34.9. The molecular formula is C12H6F6O. The molecule has 1 N–H and O–H groups in total. The van der Waals surface area contributed by atoms with Crippen LogP contribution in [0.2, 0.25) is 0 Å². The predicted octanol–water partition coefficient (Wildman–Crippen LogP) is 2.69. The second-order valence-electron chi connectivity index (χ2n) is 4.05. The van der Waals surface area contributed by atoms with Gasteiger partial charge in [-0.1, -0.05) is 24.1 Å². The highest BCUT2D eigenvalue weighted by molar-refractivity contribution is 5.44. The summed E-state index contributed by atoms with van der Waals surface area (Å²) in [6, 6.07) is 6.98. The summed E-state index contributed by atoms with van der Waals surface area (Å²) >= 11 is 0. The Balaban J connectivity index is 2.43. The topological polar surface area (TPSA) is 20.2 Å². The van der Waals surface area contributed by atoms with Gasteiger partial charge in [-0.3, -0.25) is 0 Å². The number of rotatable bonds is 0. The summed E-state index contributed by atoms with van der Waals surface area (Å²) in [4.78, 5) is 0. The van der Waals surface area contributed by atoms with Crippen LogP contribution in [0.3, 0.4) is 0 Å². The Hall–Kier alpha value is -1.68. The molecular weight excluding hydrogens is 274 g/mol. The number of alkyl halides is 6. The molecule has 0 radical (unpaired) electrons. The lowest BCUT2D eigenvalue weighted by atomic mass is 9.68. The first kappa shape index (κ1) is 13.7. The van der Waals surface area contributed by atoms with Crippen LogP contribution in [-0.2, 0) is 0 Å². The number of hydrogen-bond donors (Lipinski definition) is 1. The Labute approximate surface area is 103 Å². The molecule has 1 saturated carbocycles. The highest BCUT2D eigenvalue weighted by Gasteiger charge is 2.98. The van der Waals surface area contributed by atoms with Crippen LogP contribution in [0.5, 0.6) is 0 Å². The summed E-state index contributed by atoms with van der Waals surface area (Å²) in [5.41, 5.74) is -4.64.